The van der Waals surface area contributed by atoms with E-state index >= 15 is 0 Å². The van der Waals surface area contributed by atoms with Gasteiger partial charge >= 0.3 is 5.69 Å². The van der Waals surface area contributed by atoms with E-state index in [4.69, 9.17) is 0 Å². The molecule has 4 aromatic rings. The van der Waals surface area contributed by atoms with Crippen LogP contribution < -0.4 is 11.0 Å². The summed E-state index contributed by atoms with van der Waals surface area (Å²) in [5.74, 6) is 0.695. The average Bonchev–Trinajstić information content (AvgIpc) is 3.45. The third-order valence-corrected chi connectivity index (χ3v) is 6.44. The summed E-state index contributed by atoms with van der Waals surface area (Å²) < 4.78 is 3.52. The Kier molecular flexibility index (Phi) is 5.79. The van der Waals surface area contributed by atoms with Gasteiger partial charge in [0.05, 0.1) is 11.2 Å². The summed E-state index contributed by atoms with van der Waals surface area (Å²) in [5, 5.41) is 4.24. The van der Waals surface area contributed by atoms with Gasteiger partial charge in [0.15, 0.2) is 0 Å². The van der Waals surface area contributed by atoms with Gasteiger partial charge in [0.2, 0.25) is 0 Å². The second-order valence-electron chi connectivity index (χ2n) is 8.41. The third kappa shape index (κ3) is 4.19. The van der Waals surface area contributed by atoms with Gasteiger partial charge in [0.25, 0.3) is 0 Å². The molecule has 3 heterocycles. The van der Waals surface area contributed by atoms with Crippen LogP contribution in [0.25, 0.3) is 22.7 Å². The second kappa shape index (κ2) is 9.03. The lowest BCUT2D eigenvalue weighted by atomic mass is 10.2. The quantitative estimate of drug-likeness (QED) is 0.460. The first-order valence-corrected chi connectivity index (χ1v) is 11.4. The molecule has 0 aliphatic carbocycles. The number of imidazole rings is 1. The van der Waals surface area contributed by atoms with E-state index in [-0.39, 0.29) is 5.69 Å². The Hall–Kier alpha value is -3.71. The van der Waals surface area contributed by atoms with E-state index in [9.17, 15) is 4.79 Å². The number of hydrogen-bond donors (Lipinski definition) is 1. The molecule has 1 fully saturated rings. The van der Waals surface area contributed by atoms with Crippen molar-refractivity contribution in [1.29, 1.82) is 0 Å². The lowest BCUT2D eigenvalue weighted by Crippen LogP contribution is -2.36. The summed E-state index contributed by atoms with van der Waals surface area (Å²) >= 11 is 0. The molecular weight excluding hydrogens is 412 g/mol. The van der Waals surface area contributed by atoms with Crippen LogP contribution in [0.4, 0.5) is 11.5 Å². The SMILES string of the molecule is C=Cc1cccc(Nc2ncnc3ccc(-n4ccn(CC5CCCN5CC)c4=O)cc23)c1. The van der Waals surface area contributed by atoms with Crippen molar-refractivity contribution in [3.05, 3.63) is 83.8 Å². The number of rotatable bonds is 7. The minimum Gasteiger partial charge on any atom is -0.340 e. The van der Waals surface area contributed by atoms with E-state index < -0.39 is 0 Å². The maximum absolute atomic E-state index is 13.2. The number of likely N-dealkylation sites (N-methyl/N-ethyl adjacent to an activating group) is 1. The molecule has 1 atom stereocenters. The Bertz CT molecular complexity index is 1350. The Labute approximate surface area is 193 Å². The van der Waals surface area contributed by atoms with E-state index in [0.29, 0.717) is 11.9 Å². The van der Waals surface area contributed by atoms with Crippen molar-refractivity contribution in [2.24, 2.45) is 0 Å². The van der Waals surface area contributed by atoms with Crippen LogP contribution >= 0.6 is 0 Å². The molecule has 1 aliphatic rings. The van der Waals surface area contributed by atoms with Gasteiger partial charge in [-0.2, -0.15) is 0 Å². The van der Waals surface area contributed by atoms with E-state index in [1.807, 2.05) is 65.5 Å². The molecule has 33 heavy (non-hydrogen) atoms. The fourth-order valence-electron chi connectivity index (χ4n) is 4.67. The Morgan fingerprint density at radius 2 is 2.09 bits per heavy atom. The van der Waals surface area contributed by atoms with Crippen LogP contribution in [0, 0.1) is 0 Å². The molecule has 168 valence electrons. The van der Waals surface area contributed by atoms with Crippen molar-refractivity contribution in [2.45, 2.75) is 32.4 Å². The Morgan fingerprint density at radius 3 is 2.94 bits per heavy atom. The highest BCUT2D eigenvalue weighted by Crippen LogP contribution is 2.26. The fraction of sp³-hybridized carbons (Fsp3) is 0.269. The number of anilines is 2. The molecule has 0 radical (unpaired) electrons. The van der Waals surface area contributed by atoms with E-state index in [2.05, 4.69) is 33.7 Å². The molecule has 0 saturated carbocycles. The van der Waals surface area contributed by atoms with Gasteiger partial charge in [0.1, 0.15) is 12.1 Å². The topological polar surface area (TPSA) is 68.0 Å². The van der Waals surface area contributed by atoms with Gasteiger partial charge in [-0.25, -0.2) is 14.8 Å². The van der Waals surface area contributed by atoms with Gasteiger partial charge in [-0.3, -0.25) is 14.0 Å². The number of likely N-dealkylation sites (tertiary alicyclic amines) is 1. The van der Waals surface area contributed by atoms with Crippen molar-refractivity contribution in [3.63, 3.8) is 0 Å². The van der Waals surface area contributed by atoms with Crippen LogP contribution in [0.2, 0.25) is 0 Å². The largest absolute Gasteiger partial charge is 0.340 e. The highest BCUT2D eigenvalue weighted by molar-refractivity contribution is 5.92. The standard InChI is InChI=1S/C26H28N6O/c1-3-19-7-5-8-20(15-19)29-25-23-16-21(10-11-24(23)27-18-28-25)32-14-13-31(26(32)33)17-22-9-6-12-30(22)4-2/h3,5,7-8,10-11,13-16,18,22H,1,4,6,9,12,17H2,2H3,(H,27,28,29). The molecule has 7 nitrogen and oxygen atoms in total. The summed E-state index contributed by atoms with van der Waals surface area (Å²) in [6.07, 6.45) is 9.43. The zero-order valence-corrected chi connectivity index (χ0v) is 18.8. The third-order valence-electron chi connectivity index (χ3n) is 6.44. The number of nitrogens with one attached hydrogen (secondary N) is 1. The number of aromatic nitrogens is 4. The highest BCUT2D eigenvalue weighted by atomic mass is 16.1. The van der Waals surface area contributed by atoms with Gasteiger partial charge in [-0.1, -0.05) is 31.7 Å². The molecule has 1 aliphatic heterocycles. The van der Waals surface area contributed by atoms with Crippen LogP contribution in [-0.2, 0) is 6.54 Å². The Balaban J connectivity index is 1.47. The lowest BCUT2D eigenvalue weighted by Gasteiger charge is -2.22. The minimum absolute atomic E-state index is 0.0256. The molecule has 0 bridgehead atoms. The fourth-order valence-corrected chi connectivity index (χ4v) is 4.67. The molecular formula is C26H28N6O. The number of benzene rings is 2. The van der Waals surface area contributed by atoms with Crippen LogP contribution in [-0.4, -0.2) is 43.1 Å². The van der Waals surface area contributed by atoms with Crippen molar-refractivity contribution >= 4 is 28.5 Å². The normalized spacial score (nSPS) is 16.3. The van der Waals surface area contributed by atoms with E-state index in [0.717, 1.165) is 53.9 Å². The predicted molar refractivity (Wildman–Crippen MR) is 133 cm³/mol. The molecule has 7 heteroatoms. The first kappa shape index (κ1) is 21.2. The van der Waals surface area contributed by atoms with E-state index in [1.165, 1.54) is 6.42 Å². The Morgan fingerprint density at radius 1 is 1.18 bits per heavy atom. The second-order valence-corrected chi connectivity index (χ2v) is 8.41. The molecule has 0 spiro atoms. The first-order chi connectivity index (χ1) is 16.2. The highest BCUT2D eigenvalue weighted by Gasteiger charge is 2.24. The molecule has 0 amide bonds. The number of hydrogen-bond acceptors (Lipinski definition) is 5. The monoisotopic (exact) mass is 440 g/mol. The number of nitrogens with zero attached hydrogens (tertiary/aromatic N) is 5. The molecule has 2 aromatic carbocycles. The van der Waals surface area contributed by atoms with Gasteiger partial charge in [-0.15, -0.1) is 0 Å². The van der Waals surface area contributed by atoms with Gasteiger partial charge in [0, 0.05) is 36.1 Å². The van der Waals surface area contributed by atoms with Gasteiger partial charge in [-0.05, 0) is 61.8 Å². The van der Waals surface area contributed by atoms with Crippen LogP contribution in [0.5, 0.6) is 0 Å². The van der Waals surface area contributed by atoms with Crippen molar-refractivity contribution in [3.8, 4) is 5.69 Å². The average molecular weight is 441 g/mol. The van der Waals surface area contributed by atoms with Crippen LogP contribution in [0.3, 0.4) is 0 Å². The maximum Gasteiger partial charge on any atom is 0.332 e. The smallest absolute Gasteiger partial charge is 0.332 e. The maximum atomic E-state index is 13.2. The summed E-state index contributed by atoms with van der Waals surface area (Å²) in [7, 11) is 0. The van der Waals surface area contributed by atoms with Crippen LogP contribution in [0.15, 0.2) is 72.6 Å². The molecule has 1 saturated heterocycles. The summed E-state index contributed by atoms with van der Waals surface area (Å²) in [4.78, 5) is 24.5. The summed E-state index contributed by atoms with van der Waals surface area (Å²) in [6.45, 7) is 8.89. The van der Waals surface area contributed by atoms with Crippen molar-refractivity contribution in [2.75, 3.05) is 18.4 Å². The van der Waals surface area contributed by atoms with E-state index in [1.54, 1.807) is 10.9 Å². The summed E-state index contributed by atoms with van der Waals surface area (Å²) in [5.41, 5.74) is 3.52. The molecule has 1 N–H and O–H groups in total. The summed E-state index contributed by atoms with van der Waals surface area (Å²) in [6, 6.07) is 14.2. The first-order valence-electron chi connectivity index (χ1n) is 11.4. The van der Waals surface area contributed by atoms with Crippen LogP contribution in [0.1, 0.15) is 25.3 Å². The minimum atomic E-state index is -0.0256. The predicted octanol–water partition coefficient (Wildman–Crippen LogP) is 4.45. The molecule has 2 aromatic heterocycles. The van der Waals surface area contributed by atoms with Crippen molar-refractivity contribution < 1.29 is 0 Å². The van der Waals surface area contributed by atoms with Gasteiger partial charge < -0.3 is 5.32 Å². The lowest BCUT2D eigenvalue weighted by molar-refractivity contribution is 0.242. The molecule has 5 rings (SSSR count). The number of fused-ring (bicyclic) bond motifs is 1. The zero-order chi connectivity index (χ0) is 22.8. The zero-order valence-electron chi connectivity index (χ0n) is 18.8. The molecule has 1 unspecified atom stereocenters. The van der Waals surface area contributed by atoms with Crippen molar-refractivity contribution in [1.82, 2.24) is 24.0 Å².